The monoisotopic (exact) mass is 449 g/mol. The molecule has 0 bridgehead atoms. The minimum absolute atomic E-state index is 0.291. The van der Waals surface area contributed by atoms with E-state index in [1.807, 2.05) is 35.2 Å². The van der Waals surface area contributed by atoms with Crippen LogP contribution in [-0.4, -0.2) is 60.6 Å². The molecule has 166 valence electrons. The molecule has 5 rings (SSSR count). The summed E-state index contributed by atoms with van der Waals surface area (Å²) in [7, 11) is -3.54. The maximum absolute atomic E-state index is 13.3. The zero-order valence-electron chi connectivity index (χ0n) is 17.8. The minimum Gasteiger partial charge on any atom is -0.390 e. The molecule has 7 heteroatoms. The Kier molecular flexibility index (Phi) is 5.73. The molecule has 0 saturated carbocycles. The number of β-amino-alcohol motifs (C(OH)–C–C–N with tert-alkyl or cyclic N) is 1. The fourth-order valence-electron chi connectivity index (χ4n) is 4.74. The van der Waals surface area contributed by atoms with E-state index in [2.05, 4.69) is 34.1 Å². The number of piperazine rings is 1. The number of aromatic nitrogens is 1. The maximum Gasteiger partial charge on any atom is 0.195 e. The van der Waals surface area contributed by atoms with Gasteiger partial charge >= 0.3 is 0 Å². The average Bonchev–Trinajstić information content (AvgIpc) is 3.14. The minimum atomic E-state index is -3.54. The van der Waals surface area contributed by atoms with Gasteiger partial charge in [0.15, 0.2) is 9.84 Å². The molecular weight excluding hydrogens is 422 g/mol. The molecule has 2 atom stereocenters. The average molecular weight is 450 g/mol. The Balaban J connectivity index is 1.41. The number of fused-ring (bicyclic) bond motifs is 3. The zero-order valence-corrected chi connectivity index (χ0v) is 18.6. The van der Waals surface area contributed by atoms with Gasteiger partial charge in [0.2, 0.25) is 0 Å². The van der Waals surface area contributed by atoms with Crippen molar-refractivity contribution in [2.45, 2.75) is 22.9 Å². The molecule has 4 aromatic rings. The lowest BCUT2D eigenvalue weighted by molar-refractivity contribution is 0.0844. The molecule has 1 aliphatic heterocycles. The number of hydrogen-bond acceptors (Lipinski definition) is 5. The number of benzene rings is 3. The van der Waals surface area contributed by atoms with Crippen LogP contribution in [-0.2, 0) is 16.4 Å². The summed E-state index contributed by atoms with van der Waals surface area (Å²) in [6.07, 6.45) is -0.708. The molecule has 0 spiro atoms. The highest BCUT2D eigenvalue weighted by Gasteiger charge is 2.35. The van der Waals surface area contributed by atoms with Crippen molar-refractivity contribution in [3.05, 3.63) is 78.9 Å². The number of aliphatic hydroxyl groups is 1. The Morgan fingerprint density at radius 3 is 2.12 bits per heavy atom. The number of sulfone groups is 1. The predicted octanol–water partition coefficient (Wildman–Crippen LogP) is 2.86. The smallest absolute Gasteiger partial charge is 0.195 e. The van der Waals surface area contributed by atoms with Gasteiger partial charge in [-0.15, -0.1) is 0 Å². The highest BCUT2D eigenvalue weighted by Crippen LogP contribution is 2.29. The SMILES string of the molecule is O=S(=O)(c1ccccc1)C1CNCCN1CC(O)Cn1c2ccccc2c2ccccc21. The first-order chi connectivity index (χ1) is 15.6. The van der Waals surface area contributed by atoms with Crippen LogP contribution < -0.4 is 5.32 Å². The van der Waals surface area contributed by atoms with Crippen molar-refractivity contribution in [3.8, 4) is 0 Å². The lowest BCUT2D eigenvalue weighted by Gasteiger charge is -2.36. The van der Waals surface area contributed by atoms with Crippen LogP contribution in [0.1, 0.15) is 0 Å². The van der Waals surface area contributed by atoms with E-state index in [1.165, 1.54) is 0 Å². The third kappa shape index (κ3) is 3.82. The van der Waals surface area contributed by atoms with Gasteiger partial charge < -0.3 is 15.0 Å². The summed E-state index contributed by atoms with van der Waals surface area (Å²) in [6.45, 7) is 2.30. The quantitative estimate of drug-likeness (QED) is 0.474. The summed E-state index contributed by atoms with van der Waals surface area (Å²) < 4.78 is 28.7. The fraction of sp³-hybridized carbons (Fsp3) is 0.280. The largest absolute Gasteiger partial charge is 0.390 e. The maximum atomic E-state index is 13.3. The van der Waals surface area contributed by atoms with Crippen LogP contribution in [0, 0.1) is 0 Å². The van der Waals surface area contributed by atoms with E-state index in [9.17, 15) is 13.5 Å². The van der Waals surface area contributed by atoms with Crippen LogP contribution in [0.3, 0.4) is 0 Å². The molecule has 2 heterocycles. The van der Waals surface area contributed by atoms with E-state index in [0.717, 1.165) is 21.8 Å². The number of aliphatic hydroxyl groups excluding tert-OH is 1. The Hall–Kier alpha value is -2.71. The van der Waals surface area contributed by atoms with Crippen LogP contribution in [0.2, 0.25) is 0 Å². The molecule has 2 unspecified atom stereocenters. The Morgan fingerprint density at radius 2 is 1.47 bits per heavy atom. The van der Waals surface area contributed by atoms with Gasteiger partial charge in [0.05, 0.1) is 17.5 Å². The molecule has 0 radical (unpaired) electrons. The van der Waals surface area contributed by atoms with Crippen molar-refractivity contribution in [2.75, 3.05) is 26.2 Å². The third-order valence-electron chi connectivity index (χ3n) is 6.25. The summed E-state index contributed by atoms with van der Waals surface area (Å²) >= 11 is 0. The lowest BCUT2D eigenvalue weighted by Crippen LogP contribution is -2.56. The molecular formula is C25H27N3O3S. The molecule has 32 heavy (non-hydrogen) atoms. The van der Waals surface area contributed by atoms with Crippen molar-refractivity contribution in [2.24, 2.45) is 0 Å². The molecule has 1 saturated heterocycles. The lowest BCUT2D eigenvalue weighted by atomic mass is 10.2. The summed E-state index contributed by atoms with van der Waals surface area (Å²) in [6, 6.07) is 24.9. The van der Waals surface area contributed by atoms with Crippen molar-refractivity contribution >= 4 is 31.6 Å². The number of hydrogen-bond donors (Lipinski definition) is 2. The number of para-hydroxylation sites is 2. The molecule has 6 nitrogen and oxygen atoms in total. The van der Waals surface area contributed by atoms with Gasteiger partial charge in [-0.2, -0.15) is 0 Å². The molecule has 3 aromatic carbocycles. The Bertz CT molecular complexity index is 1280. The Morgan fingerprint density at radius 1 is 0.875 bits per heavy atom. The number of nitrogens with zero attached hydrogens (tertiary/aromatic N) is 2. The number of rotatable bonds is 6. The van der Waals surface area contributed by atoms with Crippen molar-refractivity contribution in [1.29, 1.82) is 0 Å². The van der Waals surface area contributed by atoms with Crippen LogP contribution in [0.25, 0.3) is 21.8 Å². The third-order valence-corrected chi connectivity index (χ3v) is 8.36. The van der Waals surface area contributed by atoms with Crippen LogP contribution in [0.4, 0.5) is 0 Å². The normalized spacial score (nSPS) is 18.8. The van der Waals surface area contributed by atoms with E-state index in [1.54, 1.807) is 24.3 Å². The second-order valence-electron chi connectivity index (χ2n) is 8.31. The van der Waals surface area contributed by atoms with E-state index < -0.39 is 21.3 Å². The van der Waals surface area contributed by atoms with Crippen LogP contribution >= 0.6 is 0 Å². The van der Waals surface area contributed by atoms with E-state index in [-0.39, 0.29) is 0 Å². The van der Waals surface area contributed by atoms with Crippen molar-refractivity contribution < 1.29 is 13.5 Å². The van der Waals surface area contributed by atoms with Gasteiger partial charge in [0.25, 0.3) is 0 Å². The predicted molar refractivity (Wildman–Crippen MR) is 127 cm³/mol. The first-order valence-electron chi connectivity index (χ1n) is 10.9. The molecule has 0 amide bonds. The highest BCUT2D eigenvalue weighted by atomic mass is 32.2. The molecule has 2 N–H and O–H groups in total. The summed E-state index contributed by atoms with van der Waals surface area (Å²) in [4.78, 5) is 2.22. The van der Waals surface area contributed by atoms with E-state index in [0.29, 0.717) is 37.6 Å². The van der Waals surface area contributed by atoms with Gasteiger partial charge in [-0.3, -0.25) is 4.90 Å². The topological polar surface area (TPSA) is 74.6 Å². The zero-order chi connectivity index (χ0) is 22.1. The standard InChI is InChI=1S/C25H27N3O3S/c29-19(18-28-23-12-6-4-10-21(23)22-11-5-7-13-24(22)28)17-27-15-14-26-16-25(27)32(30,31)20-8-2-1-3-9-20/h1-13,19,25-26,29H,14-18H2. The van der Waals surface area contributed by atoms with E-state index >= 15 is 0 Å². The van der Waals surface area contributed by atoms with Crippen LogP contribution in [0.5, 0.6) is 0 Å². The van der Waals surface area contributed by atoms with Gasteiger partial charge in [-0.05, 0) is 24.3 Å². The number of nitrogens with one attached hydrogen (secondary N) is 1. The van der Waals surface area contributed by atoms with E-state index in [4.69, 9.17) is 0 Å². The van der Waals surface area contributed by atoms with Crippen LogP contribution in [0.15, 0.2) is 83.8 Å². The molecule has 1 fully saturated rings. The molecule has 1 aliphatic rings. The summed E-state index contributed by atoms with van der Waals surface area (Å²) in [5.41, 5.74) is 2.14. The van der Waals surface area contributed by atoms with Crippen molar-refractivity contribution in [1.82, 2.24) is 14.8 Å². The van der Waals surface area contributed by atoms with Gasteiger partial charge in [0.1, 0.15) is 5.37 Å². The molecule has 1 aromatic heterocycles. The summed E-state index contributed by atoms with van der Waals surface area (Å²) in [5, 5.41) is 15.9. The van der Waals surface area contributed by atoms with Gasteiger partial charge in [-0.1, -0.05) is 54.6 Å². The second kappa shape index (κ2) is 8.67. The summed E-state index contributed by atoms with van der Waals surface area (Å²) in [5.74, 6) is 0. The second-order valence-corrected chi connectivity index (χ2v) is 10.4. The first kappa shape index (κ1) is 21.2. The Labute approximate surface area is 188 Å². The highest BCUT2D eigenvalue weighted by molar-refractivity contribution is 7.92. The van der Waals surface area contributed by atoms with Gasteiger partial charge in [-0.25, -0.2) is 8.42 Å². The molecule has 0 aliphatic carbocycles. The fourth-order valence-corrected chi connectivity index (χ4v) is 6.51. The first-order valence-corrected chi connectivity index (χ1v) is 12.5. The van der Waals surface area contributed by atoms with Gasteiger partial charge in [0, 0.05) is 48.0 Å². The van der Waals surface area contributed by atoms with Crippen molar-refractivity contribution in [3.63, 3.8) is 0 Å².